The molecule has 142 valence electrons. The van der Waals surface area contributed by atoms with Gasteiger partial charge in [-0.25, -0.2) is 4.79 Å². The average molecular weight is 364 g/mol. The minimum Gasteiger partial charge on any atom is -0.444 e. The van der Waals surface area contributed by atoms with Crippen LogP contribution >= 0.6 is 0 Å². The highest BCUT2D eigenvalue weighted by molar-refractivity contribution is 6.02. The van der Waals surface area contributed by atoms with E-state index in [-0.39, 0.29) is 6.09 Å². The van der Waals surface area contributed by atoms with Crippen LogP contribution in [0.25, 0.3) is 21.5 Å². The summed E-state index contributed by atoms with van der Waals surface area (Å²) in [5, 5.41) is 11.4. The van der Waals surface area contributed by atoms with Crippen LogP contribution in [-0.4, -0.2) is 24.8 Å². The van der Waals surface area contributed by atoms with E-state index in [0.29, 0.717) is 6.54 Å². The van der Waals surface area contributed by atoms with E-state index in [2.05, 4.69) is 65.2 Å². The largest absolute Gasteiger partial charge is 0.444 e. The maximum absolute atomic E-state index is 11.7. The van der Waals surface area contributed by atoms with Gasteiger partial charge >= 0.3 is 6.09 Å². The molecule has 3 aromatic rings. The van der Waals surface area contributed by atoms with Crippen molar-refractivity contribution in [3.63, 3.8) is 0 Å². The predicted octanol–water partition coefficient (Wildman–Crippen LogP) is 5.00. The molecule has 0 atom stereocenters. The number of hydrogen-bond acceptors (Lipinski definition) is 3. The summed E-state index contributed by atoms with van der Waals surface area (Å²) >= 11 is 0. The van der Waals surface area contributed by atoms with E-state index < -0.39 is 5.60 Å². The minimum atomic E-state index is -0.461. The summed E-state index contributed by atoms with van der Waals surface area (Å²) < 4.78 is 5.24. The second kappa shape index (κ2) is 8.40. The summed E-state index contributed by atoms with van der Waals surface area (Å²) in [6.45, 7) is 7.81. The topological polar surface area (TPSA) is 50.4 Å². The second-order valence-electron chi connectivity index (χ2n) is 7.76. The predicted molar refractivity (Wildman–Crippen MR) is 112 cm³/mol. The summed E-state index contributed by atoms with van der Waals surface area (Å²) in [6.07, 6.45) is 0.490. The molecule has 0 aliphatic heterocycles. The van der Waals surface area contributed by atoms with Gasteiger partial charge in [0, 0.05) is 13.1 Å². The zero-order chi connectivity index (χ0) is 19.3. The Hall–Kier alpha value is -2.59. The molecule has 0 unspecified atom stereocenters. The van der Waals surface area contributed by atoms with Crippen molar-refractivity contribution >= 4 is 27.6 Å². The Bertz CT molecular complexity index is 874. The minimum absolute atomic E-state index is 0.359. The Labute approximate surface area is 160 Å². The summed E-state index contributed by atoms with van der Waals surface area (Å²) in [7, 11) is 0. The molecule has 0 spiro atoms. The van der Waals surface area contributed by atoms with Gasteiger partial charge in [-0.15, -0.1) is 0 Å². The highest BCUT2D eigenvalue weighted by Crippen LogP contribution is 2.28. The maximum Gasteiger partial charge on any atom is 0.407 e. The van der Waals surface area contributed by atoms with E-state index in [1.807, 2.05) is 20.8 Å². The Morgan fingerprint density at radius 2 is 1.52 bits per heavy atom. The van der Waals surface area contributed by atoms with Crippen LogP contribution in [-0.2, 0) is 11.3 Å². The van der Waals surface area contributed by atoms with Crippen molar-refractivity contribution < 1.29 is 9.53 Å². The van der Waals surface area contributed by atoms with Gasteiger partial charge in [-0.1, -0.05) is 48.5 Å². The first kappa shape index (κ1) is 19.2. The molecule has 4 heteroatoms. The van der Waals surface area contributed by atoms with Gasteiger partial charge in [-0.05, 0) is 66.9 Å². The number of nitrogens with one attached hydrogen (secondary N) is 2. The van der Waals surface area contributed by atoms with Gasteiger partial charge in [0.1, 0.15) is 5.60 Å². The summed E-state index contributed by atoms with van der Waals surface area (Å²) in [4.78, 5) is 11.7. The number of hydrogen-bond donors (Lipinski definition) is 2. The van der Waals surface area contributed by atoms with Gasteiger partial charge in [0.25, 0.3) is 0 Å². The normalized spacial score (nSPS) is 11.7. The number of alkyl carbamates (subject to hydrolysis) is 1. The van der Waals surface area contributed by atoms with Crippen LogP contribution in [0.15, 0.2) is 54.6 Å². The lowest BCUT2D eigenvalue weighted by Gasteiger charge is -2.19. The molecule has 3 rings (SSSR count). The van der Waals surface area contributed by atoms with E-state index in [4.69, 9.17) is 4.74 Å². The number of carbonyl (C=O) groups excluding carboxylic acids is 1. The molecule has 1 amide bonds. The van der Waals surface area contributed by atoms with Crippen LogP contribution in [0.5, 0.6) is 0 Å². The van der Waals surface area contributed by atoms with E-state index in [0.717, 1.165) is 19.5 Å². The highest BCUT2D eigenvalue weighted by Gasteiger charge is 2.15. The van der Waals surface area contributed by atoms with Crippen LogP contribution in [0.3, 0.4) is 0 Å². The SMILES string of the molecule is CC(C)(C)OC(=O)NCCCNCc1c2ccccc2cc2ccccc12. The third kappa shape index (κ3) is 5.20. The molecular weight excluding hydrogens is 336 g/mol. The molecule has 0 saturated carbocycles. The lowest BCUT2D eigenvalue weighted by Crippen LogP contribution is -2.33. The molecule has 0 fully saturated rings. The van der Waals surface area contributed by atoms with Crippen LogP contribution in [0.1, 0.15) is 32.8 Å². The quantitative estimate of drug-likeness (QED) is 0.478. The van der Waals surface area contributed by atoms with Gasteiger partial charge in [-0.2, -0.15) is 0 Å². The number of benzene rings is 3. The number of carbonyl (C=O) groups is 1. The number of amides is 1. The molecule has 0 aliphatic carbocycles. The van der Waals surface area contributed by atoms with E-state index >= 15 is 0 Å². The van der Waals surface area contributed by atoms with Crippen LogP contribution < -0.4 is 10.6 Å². The fourth-order valence-corrected chi connectivity index (χ4v) is 3.23. The molecule has 0 bridgehead atoms. The first-order valence-electron chi connectivity index (χ1n) is 9.51. The summed E-state index contributed by atoms with van der Waals surface area (Å²) in [5.41, 5.74) is 0.862. The van der Waals surface area contributed by atoms with Gasteiger partial charge in [0.2, 0.25) is 0 Å². The standard InChI is InChI=1S/C23H28N2O2/c1-23(2,3)27-22(26)25-14-8-13-24-16-21-19-11-6-4-9-17(19)15-18-10-5-7-12-20(18)21/h4-7,9-12,15,24H,8,13-14,16H2,1-3H3,(H,25,26). The smallest absolute Gasteiger partial charge is 0.407 e. The van der Waals surface area contributed by atoms with Crippen molar-refractivity contribution in [2.24, 2.45) is 0 Å². The lowest BCUT2D eigenvalue weighted by atomic mass is 9.97. The van der Waals surface area contributed by atoms with Crippen molar-refractivity contribution in [2.45, 2.75) is 39.3 Å². The summed E-state index contributed by atoms with van der Waals surface area (Å²) in [5.74, 6) is 0. The van der Waals surface area contributed by atoms with Gasteiger partial charge in [-0.3, -0.25) is 0 Å². The van der Waals surface area contributed by atoms with Crippen molar-refractivity contribution in [3.8, 4) is 0 Å². The fraction of sp³-hybridized carbons (Fsp3) is 0.348. The molecule has 27 heavy (non-hydrogen) atoms. The van der Waals surface area contributed by atoms with Crippen molar-refractivity contribution in [1.29, 1.82) is 0 Å². The molecule has 2 N–H and O–H groups in total. The fourth-order valence-electron chi connectivity index (χ4n) is 3.23. The van der Waals surface area contributed by atoms with Gasteiger partial charge in [0.15, 0.2) is 0 Å². The van der Waals surface area contributed by atoms with Crippen LogP contribution in [0.4, 0.5) is 4.79 Å². The Balaban J connectivity index is 1.58. The molecule has 0 radical (unpaired) electrons. The third-order valence-electron chi connectivity index (χ3n) is 4.38. The van der Waals surface area contributed by atoms with Gasteiger partial charge in [0.05, 0.1) is 0 Å². The van der Waals surface area contributed by atoms with Crippen molar-refractivity contribution in [3.05, 3.63) is 60.2 Å². The van der Waals surface area contributed by atoms with Crippen molar-refractivity contribution in [2.75, 3.05) is 13.1 Å². The second-order valence-corrected chi connectivity index (χ2v) is 7.76. The molecule has 0 heterocycles. The average Bonchev–Trinajstić information content (AvgIpc) is 2.62. The van der Waals surface area contributed by atoms with E-state index in [1.165, 1.54) is 27.1 Å². The Morgan fingerprint density at radius 1 is 0.926 bits per heavy atom. The first-order chi connectivity index (χ1) is 12.9. The van der Waals surface area contributed by atoms with Crippen LogP contribution in [0.2, 0.25) is 0 Å². The number of ether oxygens (including phenoxy) is 1. The molecule has 0 aliphatic rings. The van der Waals surface area contributed by atoms with Crippen molar-refractivity contribution in [1.82, 2.24) is 10.6 Å². The first-order valence-corrected chi connectivity index (χ1v) is 9.51. The lowest BCUT2D eigenvalue weighted by molar-refractivity contribution is 0.0527. The van der Waals surface area contributed by atoms with E-state index in [1.54, 1.807) is 0 Å². The number of fused-ring (bicyclic) bond motifs is 2. The molecule has 0 saturated heterocycles. The molecule has 3 aromatic carbocycles. The molecule has 0 aromatic heterocycles. The highest BCUT2D eigenvalue weighted by atomic mass is 16.6. The van der Waals surface area contributed by atoms with Crippen LogP contribution in [0, 0.1) is 0 Å². The Kier molecular flexibility index (Phi) is 5.97. The Morgan fingerprint density at radius 3 is 2.11 bits per heavy atom. The summed E-state index contributed by atoms with van der Waals surface area (Å²) in [6, 6.07) is 19.3. The molecular formula is C23H28N2O2. The molecule has 4 nitrogen and oxygen atoms in total. The maximum atomic E-state index is 11.7. The van der Waals surface area contributed by atoms with Gasteiger partial charge < -0.3 is 15.4 Å². The van der Waals surface area contributed by atoms with E-state index in [9.17, 15) is 4.79 Å². The zero-order valence-corrected chi connectivity index (χ0v) is 16.3. The number of rotatable bonds is 6. The zero-order valence-electron chi connectivity index (χ0n) is 16.3. The third-order valence-corrected chi connectivity index (χ3v) is 4.38. The monoisotopic (exact) mass is 364 g/mol.